The Hall–Kier alpha value is -1.63. The number of nitrogens with two attached hydrogens (primary N) is 1. The number of H-pyrrole nitrogens is 1. The van der Waals surface area contributed by atoms with E-state index >= 15 is 0 Å². The normalized spacial score (nSPS) is 10.3. The molecule has 0 saturated heterocycles. The highest BCUT2D eigenvalue weighted by molar-refractivity contribution is 7.71. The van der Waals surface area contributed by atoms with Crippen molar-refractivity contribution in [1.82, 2.24) is 20.0 Å². The molecule has 0 aromatic carbocycles. The lowest BCUT2D eigenvalue weighted by Gasteiger charge is -1.92. The molecule has 0 aliphatic rings. The molecule has 7 heteroatoms. The Labute approximate surface area is 71.9 Å². The number of rotatable bonds is 1. The highest BCUT2D eigenvalue weighted by Crippen LogP contribution is 2.10. The Kier molecular flexibility index (Phi) is 1.44. The Balaban J connectivity index is 2.62. The van der Waals surface area contributed by atoms with Gasteiger partial charge in [0.2, 0.25) is 10.6 Å². The van der Waals surface area contributed by atoms with Crippen molar-refractivity contribution in [1.29, 1.82) is 0 Å². The van der Waals surface area contributed by atoms with Crippen LogP contribution in [0, 0.1) is 4.77 Å². The summed E-state index contributed by atoms with van der Waals surface area (Å²) in [4.78, 5) is 0. The van der Waals surface area contributed by atoms with Gasteiger partial charge in [-0.1, -0.05) is 5.16 Å². The summed E-state index contributed by atoms with van der Waals surface area (Å²) in [6, 6.07) is 1.65. The molecule has 2 aromatic heterocycles. The molecular weight excluding hydrogens is 178 g/mol. The van der Waals surface area contributed by atoms with E-state index in [-0.39, 0.29) is 0 Å². The molecular formula is C5H5N5OS. The van der Waals surface area contributed by atoms with E-state index in [9.17, 15) is 0 Å². The van der Waals surface area contributed by atoms with Crippen LogP contribution in [0.4, 0.5) is 0 Å². The van der Waals surface area contributed by atoms with E-state index in [1.807, 2.05) is 0 Å². The van der Waals surface area contributed by atoms with Crippen LogP contribution in [0.15, 0.2) is 16.9 Å². The maximum atomic E-state index is 5.53. The molecule has 12 heavy (non-hydrogen) atoms. The van der Waals surface area contributed by atoms with Crippen LogP contribution in [0.3, 0.4) is 0 Å². The lowest BCUT2D eigenvalue weighted by Crippen LogP contribution is -2.09. The van der Waals surface area contributed by atoms with E-state index in [0.717, 1.165) is 0 Å². The van der Waals surface area contributed by atoms with Crippen LogP contribution in [-0.2, 0) is 0 Å². The summed E-state index contributed by atoms with van der Waals surface area (Å²) >= 11 is 4.81. The van der Waals surface area contributed by atoms with E-state index in [1.165, 1.54) is 10.9 Å². The van der Waals surface area contributed by atoms with Gasteiger partial charge in [0.1, 0.15) is 6.26 Å². The summed E-state index contributed by atoms with van der Waals surface area (Å²) in [5.41, 5.74) is 0.546. The zero-order valence-electron chi connectivity index (χ0n) is 5.89. The van der Waals surface area contributed by atoms with Crippen molar-refractivity contribution in [3.05, 3.63) is 17.1 Å². The van der Waals surface area contributed by atoms with Gasteiger partial charge in [-0.2, -0.15) is 5.10 Å². The van der Waals surface area contributed by atoms with Crippen molar-refractivity contribution >= 4 is 12.2 Å². The molecule has 0 spiro atoms. The third kappa shape index (κ3) is 0.909. The molecule has 0 bridgehead atoms. The van der Waals surface area contributed by atoms with Gasteiger partial charge in [-0.15, -0.1) is 0 Å². The van der Waals surface area contributed by atoms with Crippen LogP contribution < -0.4 is 5.84 Å². The average Bonchev–Trinajstić information content (AvgIpc) is 2.64. The van der Waals surface area contributed by atoms with Gasteiger partial charge in [0.25, 0.3) is 0 Å². The molecule has 0 amide bonds. The highest BCUT2D eigenvalue weighted by atomic mass is 32.1. The maximum Gasteiger partial charge on any atom is 0.214 e. The third-order valence-electron chi connectivity index (χ3n) is 1.37. The van der Waals surface area contributed by atoms with Crippen LogP contribution >= 0.6 is 12.2 Å². The van der Waals surface area contributed by atoms with Crippen molar-refractivity contribution in [3.63, 3.8) is 0 Å². The minimum atomic E-state index is 0.341. The van der Waals surface area contributed by atoms with Gasteiger partial charge in [0.05, 0.1) is 0 Å². The SMILES string of the molecule is Nn1c(-c2ccon2)n[nH]c1=S. The van der Waals surface area contributed by atoms with Crippen LogP contribution in [0.25, 0.3) is 11.5 Å². The summed E-state index contributed by atoms with van der Waals surface area (Å²) < 4.78 is 6.20. The quantitative estimate of drug-likeness (QED) is 0.491. The Morgan fingerprint density at radius 1 is 1.67 bits per heavy atom. The second kappa shape index (κ2) is 2.45. The molecule has 0 aliphatic carbocycles. The second-order valence-corrected chi connectivity index (χ2v) is 2.49. The Bertz CT molecular complexity index is 427. The molecule has 0 unspecified atom stereocenters. The number of aromatic nitrogens is 4. The van der Waals surface area contributed by atoms with E-state index in [1.54, 1.807) is 6.07 Å². The summed E-state index contributed by atoms with van der Waals surface area (Å²) in [7, 11) is 0. The fourth-order valence-electron chi connectivity index (χ4n) is 0.813. The number of nitrogen functional groups attached to an aromatic ring is 1. The third-order valence-corrected chi connectivity index (χ3v) is 1.66. The monoisotopic (exact) mass is 183 g/mol. The highest BCUT2D eigenvalue weighted by Gasteiger charge is 2.08. The number of hydrogen-bond donors (Lipinski definition) is 2. The fraction of sp³-hybridized carbons (Fsp3) is 0. The van der Waals surface area contributed by atoms with Gasteiger partial charge in [-0.3, -0.25) is 0 Å². The molecule has 0 fully saturated rings. The predicted octanol–water partition coefficient (Wildman–Crippen LogP) is 0.309. The molecule has 6 nitrogen and oxygen atoms in total. The number of aromatic amines is 1. The van der Waals surface area contributed by atoms with E-state index in [2.05, 4.69) is 19.9 Å². The summed E-state index contributed by atoms with van der Waals surface area (Å²) in [5, 5.41) is 10.0. The molecule has 2 aromatic rings. The first kappa shape index (κ1) is 7.04. The van der Waals surface area contributed by atoms with Gasteiger partial charge in [0.15, 0.2) is 5.69 Å². The summed E-state index contributed by atoms with van der Waals surface area (Å²) in [5.74, 6) is 5.98. The van der Waals surface area contributed by atoms with Crippen molar-refractivity contribution in [2.45, 2.75) is 0 Å². The van der Waals surface area contributed by atoms with E-state index < -0.39 is 0 Å². The predicted molar refractivity (Wildman–Crippen MR) is 43.1 cm³/mol. The standard InChI is InChI=1S/C5H5N5OS/c6-10-4(7-8-5(10)12)3-1-2-11-9-3/h1-2H,6H2,(H,8,12). The Morgan fingerprint density at radius 2 is 2.50 bits per heavy atom. The average molecular weight is 183 g/mol. The second-order valence-electron chi connectivity index (χ2n) is 2.11. The van der Waals surface area contributed by atoms with E-state index in [0.29, 0.717) is 16.3 Å². The van der Waals surface area contributed by atoms with Crippen LogP contribution in [0.2, 0.25) is 0 Å². The van der Waals surface area contributed by atoms with Gasteiger partial charge >= 0.3 is 0 Å². The molecule has 0 radical (unpaired) electrons. The molecule has 3 N–H and O–H groups in total. The fourth-order valence-corrected chi connectivity index (χ4v) is 0.945. The lowest BCUT2D eigenvalue weighted by molar-refractivity contribution is 0.421. The van der Waals surface area contributed by atoms with Crippen LogP contribution in [0.5, 0.6) is 0 Å². The number of nitrogens with zero attached hydrogens (tertiary/aromatic N) is 3. The largest absolute Gasteiger partial charge is 0.364 e. The molecule has 2 rings (SSSR count). The first-order chi connectivity index (χ1) is 5.79. The summed E-state index contributed by atoms with van der Waals surface area (Å²) in [6.07, 6.45) is 1.44. The van der Waals surface area contributed by atoms with Gasteiger partial charge < -0.3 is 10.4 Å². The molecule has 62 valence electrons. The van der Waals surface area contributed by atoms with Crippen molar-refractivity contribution in [2.75, 3.05) is 5.84 Å². The van der Waals surface area contributed by atoms with Crippen LogP contribution in [-0.4, -0.2) is 20.0 Å². The van der Waals surface area contributed by atoms with Gasteiger partial charge in [-0.05, 0) is 12.2 Å². The molecule has 0 atom stereocenters. The number of hydrogen-bond acceptors (Lipinski definition) is 5. The lowest BCUT2D eigenvalue weighted by atomic mass is 10.4. The van der Waals surface area contributed by atoms with E-state index in [4.69, 9.17) is 18.1 Å². The molecule has 0 aliphatic heterocycles. The number of nitrogens with one attached hydrogen (secondary N) is 1. The maximum absolute atomic E-state index is 5.53. The van der Waals surface area contributed by atoms with Gasteiger partial charge in [0, 0.05) is 6.07 Å². The zero-order valence-corrected chi connectivity index (χ0v) is 6.71. The molecule has 2 heterocycles. The first-order valence-corrected chi connectivity index (χ1v) is 3.53. The van der Waals surface area contributed by atoms with Crippen molar-refractivity contribution in [3.8, 4) is 11.5 Å². The smallest absolute Gasteiger partial charge is 0.214 e. The topological polar surface area (TPSA) is 85.7 Å². The van der Waals surface area contributed by atoms with Crippen molar-refractivity contribution < 1.29 is 4.52 Å². The zero-order chi connectivity index (χ0) is 8.55. The van der Waals surface area contributed by atoms with Gasteiger partial charge in [-0.25, -0.2) is 9.77 Å². The Morgan fingerprint density at radius 3 is 3.00 bits per heavy atom. The van der Waals surface area contributed by atoms with Crippen LogP contribution in [0.1, 0.15) is 0 Å². The van der Waals surface area contributed by atoms with Crippen molar-refractivity contribution in [2.24, 2.45) is 0 Å². The molecule has 0 saturated carbocycles. The minimum Gasteiger partial charge on any atom is -0.364 e. The summed E-state index contributed by atoms with van der Waals surface area (Å²) in [6.45, 7) is 0. The minimum absolute atomic E-state index is 0.341. The first-order valence-electron chi connectivity index (χ1n) is 3.12.